The highest BCUT2D eigenvalue weighted by atomic mass is 35.5. The molecular weight excluding hydrogens is 274 g/mol. The van der Waals surface area contributed by atoms with Gasteiger partial charge >= 0.3 is 0 Å². The monoisotopic (exact) mass is 291 g/mol. The maximum Gasteiger partial charge on any atom is 0.146 e. The molecule has 3 nitrogen and oxygen atoms in total. The number of ether oxygens (including phenoxy) is 2. The molecule has 0 unspecified atom stereocenters. The van der Waals surface area contributed by atoms with Gasteiger partial charge in [-0.3, -0.25) is 0 Å². The zero-order chi connectivity index (χ0) is 14.5. The first-order valence-corrected chi connectivity index (χ1v) is 6.78. The number of halogens is 1. The summed E-state index contributed by atoms with van der Waals surface area (Å²) in [5.41, 5.74) is 7.86. The lowest BCUT2D eigenvalue weighted by atomic mass is 10.1. The summed E-state index contributed by atoms with van der Waals surface area (Å²) in [6.45, 7) is 2.47. The van der Waals surface area contributed by atoms with Crippen molar-refractivity contribution in [1.82, 2.24) is 0 Å². The smallest absolute Gasteiger partial charge is 0.146 e. The van der Waals surface area contributed by atoms with E-state index in [4.69, 9.17) is 26.8 Å². The molecule has 0 saturated carbocycles. The molecule has 0 aromatic heterocycles. The number of hydrogen-bond donors (Lipinski definition) is 1. The molecule has 0 amide bonds. The Morgan fingerprint density at radius 3 is 2.65 bits per heavy atom. The quantitative estimate of drug-likeness (QED) is 0.893. The van der Waals surface area contributed by atoms with E-state index in [0.29, 0.717) is 17.4 Å². The fourth-order valence-electron chi connectivity index (χ4n) is 1.88. The van der Waals surface area contributed by atoms with Crippen molar-refractivity contribution >= 4 is 11.6 Å². The molecule has 0 aliphatic rings. The summed E-state index contributed by atoms with van der Waals surface area (Å²) >= 11 is 6.22. The predicted octanol–water partition coefficient (Wildman–Crippen LogP) is 4.30. The Kier molecular flexibility index (Phi) is 5.01. The Morgan fingerprint density at radius 1 is 1.20 bits per heavy atom. The average Bonchev–Trinajstić information content (AvgIpc) is 2.42. The van der Waals surface area contributed by atoms with Gasteiger partial charge in [-0.2, -0.15) is 0 Å². The largest absolute Gasteiger partial charge is 0.456 e. The second-order valence-electron chi connectivity index (χ2n) is 4.66. The van der Waals surface area contributed by atoms with E-state index in [1.807, 2.05) is 49.4 Å². The van der Waals surface area contributed by atoms with Crippen molar-refractivity contribution < 1.29 is 9.47 Å². The maximum absolute atomic E-state index is 6.22. The summed E-state index contributed by atoms with van der Waals surface area (Å²) in [5, 5.41) is 0.553. The number of rotatable bonds is 5. The molecule has 2 rings (SSSR count). The molecular formula is C16H18ClNO2. The molecule has 0 radical (unpaired) electrons. The summed E-state index contributed by atoms with van der Waals surface area (Å²) in [6, 6.07) is 13.3. The highest BCUT2D eigenvalue weighted by molar-refractivity contribution is 6.32. The molecule has 2 aromatic carbocycles. The van der Waals surface area contributed by atoms with Crippen LogP contribution in [-0.4, -0.2) is 7.11 Å². The van der Waals surface area contributed by atoms with Crippen LogP contribution < -0.4 is 10.5 Å². The lowest BCUT2D eigenvalue weighted by Crippen LogP contribution is -2.04. The molecule has 0 heterocycles. The SMILES string of the molecule is COCc1cccc(Oc2ccc([C@@H](C)N)cc2Cl)c1. The summed E-state index contributed by atoms with van der Waals surface area (Å²) in [5.74, 6) is 1.35. The standard InChI is InChI=1S/C16H18ClNO2/c1-11(18)13-6-7-16(15(17)9-13)20-14-5-3-4-12(8-14)10-19-2/h3-9,11H,10,18H2,1-2H3/t11-/m1/s1. The van der Waals surface area contributed by atoms with Crippen LogP contribution in [0, 0.1) is 0 Å². The number of nitrogens with two attached hydrogens (primary N) is 1. The van der Waals surface area contributed by atoms with Gasteiger partial charge in [0.25, 0.3) is 0 Å². The summed E-state index contributed by atoms with van der Waals surface area (Å²) in [4.78, 5) is 0. The molecule has 0 spiro atoms. The van der Waals surface area contributed by atoms with E-state index in [-0.39, 0.29) is 6.04 Å². The minimum atomic E-state index is -0.0495. The molecule has 0 aliphatic heterocycles. The topological polar surface area (TPSA) is 44.5 Å². The maximum atomic E-state index is 6.22. The second-order valence-corrected chi connectivity index (χ2v) is 5.07. The molecule has 0 bridgehead atoms. The fraction of sp³-hybridized carbons (Fsp3) is 0.250. The fourth-order valence-corrected chi connectivity index (χ4v) is 2.10. The van der Waals surface area contributed by atoms with Crippen LogP contribution in [-0.2, 0) is 11.3 Å². The van der Waals surface area contributed by atoms with Crippen molar-refractivity contribution in [2.24, 2.45) is 5.73 Å². The number of methoxy groups -OCH3 is 1. The van der Waals surface area contributed by atoms with E-state index in [2.05, 4.69) is 0 Å². The van der Waals surface area contributed by atoms with E-state index < -0.39 is 0 Å². The molecule has 106 valence electrons. The zero-order valence-electron chi connectivity index (χ0n) is 11.6. The number of benzene rings is 2. The van der Waals surface area contributed by atoms with Crippen LogP contribution in [0.1, 0.15) is 24.1 Å². The molecule has 2 aromatic rings. The molecule has 0 fully saturated rings. The Morgan fingerprint density at radius 2 is 2.00 bits per heavy atom. The highest BCUT2D eigenvalue weighted by Gasteiger charge is 2.07. The average molecular weight is 292 g/mol. The summed E-state index contributed by atoms with van der Waals surface area (Å²) in [6.07, 6.45) is 0. The predicted molar refractivity (Wildman–Crippen MR) is 81.3 cm³/mol. The molecule has 0 aliphatic carbocycles. The first-order valence-electron chi connectivity index (χ1n) is 6.41. The van der Waals surface area contributed by atoms with Crippen molar-refractivity contribution in [3.8, 4) is 11.5 Å². The number of hydrogen-bond acceptors (Lipinski definition) is 3. The van der Waals surface area contributed by atoms with Crippen LogP contribution >= 0.6 is 11.6 Å². The van der Waals surface area contributed by atoms with Crippen molar-refractivity contribution in [3.63, 3.8) is 0 Å². The van der Waals surface area contributed by atoms with Crippen molar-refractivity contribution in [3.05, 3.63) is 58.6 Å². The van der Waals surface area contributed by atoms with Crippen LogP contribution in [0.2, 0.25) is 5.02 Å². The van der Waals surface area contributed by atoms with Gasteiger partial charge in [-0.15, -0.1) is 0 Å². The van der Waals surface area contributed by atoms with Gasteiger partial charge in [-0.25, -0.2) is 0 Å². The minimum Gasteiger partial charge on any atom is -0.456 e. The lowest BCUT2D eigenvalue weighted by Gasteiger charge is -2.11. The van der Waals surface area contributed by atoms with E-state index >= 15 is 0 Å². The van der Waals surface area contributed by atoms with Gasteiger partial charge in [-0.1, -0.05) is 29.8 Å². The van der Waals surface area contributed by atoms with Crippen LogP contribution in [0.4, 0.5) is 0 Å². The first-order chi connectivity index (χ1) is 9.60. The lowest BCUT2D eigenvalue weighted by molar-refractivity contribution is 0.184. The van der Waals surface area contributed by atoms with Gasteiger partial charge in [0.2, 0.25) is 0 Å². The van der Waals surface area contributed by atoms with Crippen LogP contribution in [0.3, 0.4) is 0 Å². The van der Waals surface area contributed by atoms with Crippen LogP contribution in [0.25, 0.3) is 0 Å². The minimum absolute atomic E-state index is 0.0495. The van der Waals surface area contributed by atoms with Crippen LogP contribution in [0.15, 0.2) is 42.5 Å². The Hall–Kier alpha value is -1.55. The third-order valence-electron chi connectivity index (χ3n) is 2.92. The van der Waals surface area contributed by atoms with Crippen molar-refractivity contribution in [2.45, 2.75) is 19.6 Å². The van der Waals surface area contributed by atoms with E-state index in [9.17, 15) is 0 Å². The second kappa shape index (κ2) is 6.75. The third-order valence-corrected chi connectivity index (χ3v) is 3.21. The normalized spacial score (nSPS) is 12.2. The van der Waals surface area contributed by atoms with E-state index in [1.54, 1.807) is 7.11 Å². The Balaban J connectivity index is 2.19. The molecule has 2 N–H and O–H groups in total. The molecule has 1 atom stereocenters. The zero-order valence-corrected chi connectivity index (χ0v) is 12.4. The Bertz CT molecular complexity index is 584. The Labute approximate surface area is 124 Å². The molecule has 0 saturated heterocycles. The van der Waals surface area contributed by atoms with Gasteiger partial charge in [0.1, 0.15) is 11.5 Å². The summed E-state index contributed by atoms with van der Waals surface area (Å²) in [7, 11) is 1.66. The van der Waals surface area contributed by atoms with Crippen molar-refractivity contribution in [1.29, 1.82) is 0 Å². The third kappa shape index (κ3) is 3.73. The van der Waals surface area contributed by atoms with Gasteiger partial charge in [0.05, 0.1) is 11.6 Å². The van der Waals surface area contributed by atoms with E-state index in [1.165, 1.54) is 0 Å². The van der Waals surface area contributed by atoms with Gasteiger partial charge < -0.3 is 15.2 Å². The summed E-state index contributed by atoms with van der Waals surface area (Å²) < 4.78 is 10.9. The van der Waals surface area contributed by atoms with E-state index in [0.717, 1.165) is 16.9 Å². The van der Waals surface area contributed by atoms with Crippen molar-refractivity contribution in [2.75, 3.05) is 7.11 Å². The van der Waals surface area contributed by atoms with Gasteiger partial charge in [0.15, 0.2) is 0 Å². The van der Waals surface area contributed by atoms with Gasteiger partial charge in [0, 0.05) is 13.2 Å². The van der Waals surface area contributed by atoms with Gasteiger partial charge in [-0.05, 0) is 42.3 Å². The van der Waals surface area contributed by atoms with Crippen LogP contribution in [0.5, 0.6) is 11.5 Å². The highest BCUT2D eigenvalue weighted by Crippen LogP contribution is 2.31. The molecule has 20 heavy (non-hydrogen) atoms. The molecule has 4 heteroatoms. The first kappa shape index (κ1) is 14.9.